The summed E-state index contributed by atoms with van der Waals surface area (Å²) in [6.45, 7) is 13.7. The van der Waals surface area contributed by atoms with Gasteiger partial charge in [0.05, 0.1) is 12.0 Å². The van der Waals surface area contributed by atoms with E-state index in [0.29, 0.717) is 18.4 Å². The van der Waals surface area contributed by atoms with E-state index in [9.17, 15) is 0 Å². The SMILES string of the molecule is CCOc1ccc(-c2c(C)sc3nc(C)nc(N4CC(C)CC(C)C4)c23)cc1. The third-order valence-electron chi connectivity index (χ3n) is 5.44. The molecule has 5 heteroatoms. The van der Waals surface area contributed by atoms with Gasteiger partial charge in [-0.3, -0.25) is 0 Å². The highest BCUT2D eigenvalue weighted by atomic mass is 32.1. The van der Waals surface area contributed by atoms with Crippen LogP contribution in [0.25, 0.3) is 21.3 Å². The molecule has 0 spiro atoms. The van der Waals surface area contributed by atoms with E-state index >= 15 is 0 Å². The van der Waals surface area contributed by atoms with Crippen molar-refractivity contribution in [3.8, 4) is 16.9 Å². The highest BCUT2D eigenvalue weighted by Crippen LogP contribution is 2.43. The maximum Gasteiger partial charge on any atom is 0.141 e. The molecular formula is C23H29N3OS. The Balaban J connectivity index is 1.86. The van der Waals surface area contributed by atoms with Crippen molar-refractivity contribution in [2.45, 2.75) is 41.0 Å². The van der Waals surface area contributed by atoms with Gasteiger partial charge in [0, 0.05) is 23.5 Å². The van der Waals surface area contributed by atoms with Crippen molar-refractivity contribution in [2.75, 3.05) is 24.6 Å². The van der Waals surface area contributed by atoms with Crippen molar-refractivity contribution in [1.29, 1.82) is 0 Å². The van der Waals surface area contributed by atoms with Gasteiger partial charge in [-0.2, -0.15) is 0 Å². The molecule has 0 aliphatic carbocycles. The molecule has 2 aromatic heterocycles. The number of anilines is 1. The topological polar surface area (TPSA) is 38.3 Å². The molecule has 0 radical (unpaired) electrons. The molecule has 1 aliphatic heterocycles. The maximum atomic E-state index is 5.62. The van der Waals surface area contributed by atoms with E-state index in [1.165, 1.54) is 27.8 Å². The van der Waals surface area contributed by atoms with Crippen molar-refractivity contribution >= 4 is 27.4 Å². The molecule has 4 nitrogen and oxygen atoms in total. The lowest BCUT2D eigenvalue weighted by Crippen LogP contribution is -2.39. The van der Waals surface area contributed by atoms with Crippen LogP contribution in [0.15, 0.2) is 24.3 Å². The number of piperidine rings is 1. The third kappa shape index (κ3) is 3.60. The quantitative estimate of drug-likeness (QED) is 0.555. The average Bonchev–Trinajstić information content (AvgIpc) is 2.96. The molecule has 2 unspecified atom stereocenters. The molecule has 0 amide bonds. The Morgan fingerprint density at radius 2 is 1.75 bits per heavy atom. The number of aryl methyl sites for hydroxylation is 2. The van der Waals surface area contributed by atoms with Gasteiger partial charge in [-0.25, -0.2) is 9.97 Å². The molecule has 1 aromatic carbocycles. The number of hydrogen-bond acceptors (Lipinski definition) is 5. The largest absolute Gasteiger partial charge is 0.494 e. The van der Waals surface area contributed by atoms with E-state index in [1.807, 2.05) is 13.8 Å². The van der Waals surface area contributed by atoms with Crippen LogP contribution in [0.2, 0.25) is 0 Å². The van der Waals surface area contributed by atoms with Crippen LogP contribution >= 0.6 is 11.3 Å². The fourth-order valence-corrected chi connectivity index (χ4v) is 5.58. The summed E-state index contributed by atoms with van der Waals surface area (Å²) >= 11 is 1.77. The van der Waals surface area contributed by atoms with Crippen molar-refractivity contribution in [3.05, 3.63) is 35.0 Å². The van der Waals surface area contributed by atoms with Crippen molar-refractivity contribution in [2.24, 2.45) is 11.8 Å². The van der Waals surface area contributed by atoms with Gasteiger partial charge in [-0.1, -0.05) is 26.0 Å². The lowest BCUT2D eigenvalue weighted by molar-refractivity contribution is 0.340. The van der Waals surface area contributed by atoms with E-state index in [-0.39, 0.29) is 0 Å². The van der Waals surface area contributed by atoms with Crippen LogP contribution in [0.3, 0.4) is 0 Å². The first-order chi connectivity index (χ1) is 13.5. The third-order valence-corrected chi connectivity index (χ3v) is 6.44. The standard InChI is InChI=1S/C23H29N3OS/c1-6-27-19-9-7-18(8-10-19)20-16(4)28-23-21(20)22(24-17(5)25-23)26-12-14(2)11-15(3)13-26/h7-10,14-15H,6,11-13H2,1-5H3. The van der Waals surface area contributed by atoms with Crippen LogP contribution in [0.5, 0.6) is 5.75 Å². The summed E-state index contributed by atoms with van der Waals surface area (Å²) in [6.07, 6.45) is 1.29. The van der Waals surface area contributed by atoms with Crippen LogP contribution in [0.1, 0.15) is 37.9 Å². The van der Waals surface area contributed by atoms with Gasteiger partial charge in [0.1, 0.15) is 22.2 Å². The van der Waals surface area contributed by atoms with Gasteiger partial charge in [-0.05, 0) is 56.7 Å². The molecule has 0 N–H and O–H groups in total. The first-order valence-electron chi connectivity index (χ1n) is 10.2. The van der Waals surface area contributed by atoms with E-state index in [4.69, 9.17) is 14.7 Å². The van der Waals surface area contributed by atoms with Crippen LogP contribution < -0.4 is 9.64 Å². The van der Waals surface area contributed by atoms with Gasteiger partial charge in [0.15, 0.2) is 0 Å². The van der Waals surface area contributed by atoms with E-state index in [1.54, 1.807) is 11.3 Å². The zero-order valence-corrected chi connectivity index (χ0v) is 18.3. The molecule has 4 rings (SSSR count). The highest BCUT2D eigenvalue weighted by Gasteiger charge is 2.27. The van der Waals surface area contributed by atoms with Gasteiger partial charge < -0.3 is 9.64 Å². The minimum atomic E-state index is 0.683. The number of nitrogens with zero attached hydrogens (tertiary/aromatic N) is 3. The summed E-state index contributed by atoms with van der Waals surface area (Å²) in [5.74, 6) is 4.24. The second-order valence-electron chi connectivity index (χ2n) is 8.12. The Morgan fingerprint density at radius 1 is 1.07 bits per heavy atom. The summed E-state index contributed by atoms with van der Waals surface area (Å²) < 4.78 is 5.62. The van der Waals surface area contributed by atoms with Crippen molar-refractivity contribution in [1.82, 2.24) is 9.97 Å². The normalized spacial score (nSPS) is 20.0. The van der Waals surface area contributed by atoms with Gasteiger partial charge in [0.25, 0.3) is 0 Å². The molecule has 3 aromatic rings. The number of benzene rings is 1. The second kappa shape index (κ2) is 7.70. The molecule has 1 saturated heterocycles. The zero-order valence-electron chi connectivity index (χ0n) is 17.5. The van der Waals surface area contributed by atoms with Crippen LogP contribution in [0.4, 0.5) is 5.82 Å². The predicted molar refractivity (Wildman–Crippen MR) is 119 cm³/mol. The molecule has 1 fully saturated rings. The molecule has 0 bridgehead atoms. The fraction of sp³-hybridized carbons (Fsp3) is 0.478. The zero-order chi connectivity index (χ0) is 19.8. The number of thiophene rings is 1. The number of ether oxygens (including phenoxy) is 1. The smallest absolute Gasteiger partial charge is 0.141 e. The summed E-state index contributed by atoms with van der Waals surface area (Å²) in [5, 5.41) is 1.21. The Labute approximate surface area is 171 Å². The Kier molecular flexibility index (Phi) is 5.28. The van der Waals surface area contributed by atoms with E-state index in [0.717, 1.165) is 35.3 Å². The summed E-state index contributed by atoms with van der Waals surface area (Å²) in [5.41, 5.74) is 2.47. The summed E-state index contributed by atoms with van der Waals surface area (Å²) in [4.78, 5) is 14.6. The minimum absolute atomic E-state index is 0.683. The molecular weight excluding hydrogens is 366 g/mol. The minimum Gasteiger partial charge on any atom is -0.494 e. The van der Waals surface area contributed by atoms with Crippen molar-refractivity contribution in [3.63, 3.8) is 0 Å². The lowest BCUT2D eigenvalue weighted by Gasteiger charge is -2.36. The Hall–Kier alpha value is -2.14. The summed E-state index contributed by atoms with van der Waals surface area (Å²) in [6, 6.07) is 8.43. The van der Waals surface area contributed by atoms with E-state index < -0.39 is 0 Å². The second-order valence-corrected chi connectivity index (χ2v) is 9.32. The number of fused-ring (bicyclic) bond motifs is 1. The monoisotopic (exact) mass is 395 g/mol. The molecule has 0 saturated carbocycles. The predicted octanol–water partition coefficient (Wildman–Crippen LogP) is 5.86. The maximum absolute atomic E-state index is 5.62. The average molecular weight is 396 g/mol. The number of aromatic nitrogens is 2. The molecule has 2 atom stereocenters. The van der Waals surface area contributed by atoms with Crippen LogP contribution in [-0.4, -0.2) is 29.7 Å². The van der Waals surface area contributed by atoms with Gasteiger partial charge >= 0.3 is 0 Å². The van der Waals surface area contributed by atoms with Gasteiger partial charge in [0.2, 0.25) is 0 Å². The molecule has 3 heterocycles. The molecule has 28 heavy (non-hydrogen) atoms. The molecule has 1 aliphatic rings. The van der Waals surface area contributed by atoms with Gasteiger partial charge in [-0.15, -0.1) is 11.3 Å². The fourth-order valence-electron chi connectivity index (χ4n) is 4.49. The molecule has 148 valence electrons. The van der Waals surface area contributed by atoms with Crippen LogP contribution in [0, 0.1) is 25.7 Å². The Morgan fingerprint density at radius 3 is 2.39 bits per heavy atom. The number of rotatable bonds is 4. The lowest BCUT2D eigenvalue weighted by atomic mass is 9.91. The number of hydrogen-bond donors (Lipinski definition) is 0. The first kappa shape index (κ1) is 19.2. The Bertz CT molecular complexity index is 970. The first-order valence-corrected chi connectivity index (χ1v) is 11.0. The van der Waals surface area contributed by atoms with Crippen LogP contribution in [-0.2, 0) is 0 Å². The van der Waals surface area contributed by atoms with Crippen molar-refractivity contribution < 1.29 is 4.74 Å². The highest BCUT2D eigenvalue weighted by molar-refractivity contribution is 7.19. The van der Waals surface area contributed by atoms with E-state index in [2.05, 4.69) is 49.9 Å². The summed E-state index contributed by atoms with van der Waals surface area (Å²) in [7, 11) is 0.